The van der Waals surface area contributed by atoms with Crippen LogP contribution in [-0.2, 0) is 6.54 Å². The summed E-state index contributed by atoms with van der Waals surface area (Å²) in [6, 6.07) is 5.35. The number of carbonyl (C=O) groups is 1. The van der Waals surface area contributed by atoms with Gasteiger partial charge in [-0.3, -0.25) is 4.79 Å². The van der Waals surface area contributed by atoms with Gasteiger partial charge in [-0.2, -0.15) is 0 Å². The molecule has 19 heavy (non-hydrogen) atoms. The molecular weight excluding hydrogens is 242 g/mol. The number of hydrogen-bond donors (Lipinski definition) is 1. The smallest absolute Gasteiger partial charge is 0.254 e. The average molecular weight is 257 g/mol. The van der Waals surface area contributed by atoms with Crippen LogP contribution in [0.5, 0.6) is 0 Å². The zero-order valence-corrected chi connectivity index (χ0v) is 10.9. The number of nitrogens with one attached hydrogen (secondary N) is 1. The van der Waals surface area contributed by atoms with Crippen molar-refractivity contribution < 1.29 is 4.79 Å². The van der Waals surface area contributed by atoms with E-state index in [9.17, 15) is 4.79 Å². The van der Waals surface area contributed by atoms with Gasteiger partial charge >= 0.3 is 0 Å². The van der Waals surface area contributed by atoms with E-state index in [1.54, 1.807) is 38.6 Å². The van der Waals surface area contributed by atoms with Crippen LogP contribution in [-0.4, -0.2) is 39.9 Å². The van der Waals surface area contributed by atoms with Crippen LogP contribution in [0.25, 0.3) is 0 Å². The summed E-state index contributed by atoms with van der Waals surface area (Å²) >= 11 is 0. The van der Waals surface area contributed by atoms with Crippen molar-refractivity contribution in [2.75, 3.05) is 19.4 Å². The van der Waals surface area contributed by atoms with Crippen LogP contribution in [0.2, 0.25) is 0 Å². The minimum atomic E-state index is -0.0603. The minimum absolute atomic E-state index is 0.0603. The molecule has 0 aliphatic carbocycles. The Morgan fingerprint density at radius 1 is 1.26 bits per heavy atom. The molecule has 0 aliphatic heterocycles. The van der Waals surface area contributed by atoms with Gasteiger partial charge < -0.3 is 10.2 Å². The maximum Gasteiger partial charge on any atom is 0.254 e. The fraction of sp³-hybridized carbons (Fsp3) is 0.231. The molecule has 0 atom stereocenters. The molecule has 2 heterocycles. The quantitative estimate of drug-likeness (QED) is 0.890. The zero-order valence-electron chi connectivity index (χ0n) is 10.9. The van der Waals surface area contributed by atoms with Gasteiger partial charge in [-0.15, -0.1) is 0 Å². The monoisotopic (exact) mass is 257 g/mol. The number of amides is 1. The Balaban J connectivity index is 1.98. The Hall–Kier alpha value is -2.50. The van der Waals surface area contributed by atoms with Crippen LogP contribution in [0.1, 0.15) is 16.1 Å². The van der Waals surface area contributed by atoms with Gasteiger partial charge in [0.05, 0.1) is 17.8 Å². The first-order valence-corrected chi connectivity index (χ1v) is 5.83. The van der Waals surface area contributed by atoms with Crippen LogP contribution < -0.4 is 5.32 Å². The Morgan fingerprint density at radius 2 is 2.11 bits per heavy atom. The number of carbonyl (C=O) groups excluding carboxylic acids is 1. The van der Waals surface area contributed by atoms with E-state index >= 15 is 0 Å². The summed E-state index contributed by atoms with van der Waals surface area (Å²) in [5.41, 5.74) is 1.45. The number of hydrogen-bond acceptors (Lipinski definition) is 5. The van der Waals surface area contributed by atoms with Crippen molar-refractivity contribution in [1.29, 1.82) is 0 Å². The van der Waals surface area contributed by atoms with Gasteiger partial charge in [0, 0.05) is 26.5 Å². The lowest BCUT2D eigenvalue weighted by molar-refractivity contribution is 0.0827. The molecule has 0 unspecified atom stereocenters. The molecule has 0 spiro atoms. The lowest BCUT2D eigenvalue weighted by Crippen LogP contribution is -2.21. The fourth-order valence-electron chi connectivity index (χ4n) is 1.49. The van der Waals surface area contributed by atoms with E-state index in [0.29, 0.717) is 17.9 Å². The van der Waals surface area contributed by atoms with Gasteiger partial charge in [0.25, 0.3) is 5.91 Å². The van der Waals surface area contributed by atoms with Gasteiger partial charge in [-0.1, -0.05) is 0 Å². The Kier molecular flexibility index (Phi) is 4.02. The number of aromatic nitrogens is 3. The Bertz CT molecular complexity index is 539. The molecule has 6 heteroatoms. The molecule has 2 aromatic rings. The standard InChI is InChI=1S/C13H15N5O/c1-18(2)13(19)10-3-4-12(15-7-10)16-8-11-5-6-14-9-17-11/h3-7,9H,8H2,1-2H3,(H,15,16). The van der Waals surface area contributed by atoms with Crippen molar-refractivity contribution in [3.8, 4) is 0 Å². The number of pyridine rings is 1. The first-order valence-electron chi connectivity index (χ1n) is 5.83. The second kappa shape index (κ2) is 5.90. The van der Waals surface area contributed by atoms with Crippen molar-refractivity contribution in [2.24, 2.45) is 0 Å². The van der Waals surface area contributed by atoms with Crippen LogP contribution >= 0.6 is 0 Å². The van der Waals surface area contributed by atoms with Gasteiger partial charge in [-0.25, -0.2) is 15.0 Å². The summed E-state index contributed by atoms with van der Waals surface area (Å²) in [4.78, 5) is 25.3. The Morgan fingerprint density at radius 3 is 2.68 bits per heavy atom. The average Bonchev–Trinajstić information content (AvgIpc) is 2.46. The predicted octanol–water partition coefficient (Wildman–Crippen LogP) is 1.19. The van der Waals surface area contributed by atoms with Crippen LogP contribution in [0.15, 0.2) is 36.9 Å². The normalized spacial score (nSPS) is 10.0. The van der Waals surface area contributed by atoms with E-state index in [0.717, 1.165) is 5.69 Å². The van der Waals surface area contributed by atoms with Gasteiger partial charge in [0.1, 0.15) is 12.1 Å². The lowest BCUT2D eigenvalue weighted by atomic mass is 10.2. The summed E-state index contributed by atoms with van der Waals surface area (Å²) in [7, 11) is 3.42. The molecule has 1 amide bonds. The van der Waals surface area contributed by atoms with E-state index in [2.05, 4.69) is 20.3 Å². The largest absolute Gasteiger partial charge is 0.364 e. The Labute approximate surface area is 111 Å². The predicted molar refractivity (Wildman–Crippen MR) is 71.6 cm³/mol. The number of rotatable bonds is 4. The first-order chi connectivity index (χ1) is 9.16. The van der Waals surface area contributed by atoms with Gasteiger partial charge in [0.15, 0.2) is 0 Å². The molecule has 2 aromatic heterocycles. The minimum Gasteiger partial charge on any atom is -0.364 e. The molecule has 0 aliphatic rings. The molecule has 98 valence electrons. The summed E-state index contributed by atoms with van der Waals surface area (Å²) in [5.74, 6) is 0.642. The number of nitrogens with zero attached hydrogens (tertiary/aromatic N) is 4. The van der Waals surface area contributed by atoms with E-state index in [-0.39, 0.29) is 5.91 Å². The summed E-state index contributed by atoms with van der Waals surface area (Å²) in [5, 5.41) is 3.13. The highest BCUT2D eigenvalue weighted by Crippen LogP contribution is 2.07. The topological polar surface area (TPSA) is 71.0 Å². The van der Waals surface area contributed by atoms with Crippen LogP contribution in [0.4, 0.5) is 5.82 Å². The fourth-order valence-corrected chi connectivity index (χ4v) is 1.49. The summed E-state index contributed by atoms with van der Waals surface area (Å²) in [6.07, 6.45) is 4.75. The molecule has 2 rings (SSSR count). The maximum absolute atomic E-state index is 11.7. The lowest BCUT2D eigenvalue weighted by Gasteiger charge is -2.10. The highest BCUT2D eigenvalue weighted by molar-refractivity contribution is 5.93. The molecule has 0 aromatic carbocycles. The molecule has 0 bridgehead atoms. The maximum atomic E-state index is 11.7. The highest BCUT2D eigenvalue weighted by atomic mass is 16.2. The van der Waals surface area contributed by atoms with Gasteiger partial charge in [-0.05, 0) is 18.2 Å². The molecule has 0 saturated carbocycles. The third-order valence-electron chi connectivity index (χ3n) is 2.51. The molecule has 0 fully saturated rings. The first kappa shape index (κ1) is 12.9. The third kappa shape index (κ3) is 3.48. The van der Waals surface area contributed by atoms with Gasteiger partial charge in [0.2, 0.25) is 0 Å². The van der Waals surface area contributed by atoms with E-state index in [4.69, 9.17) is 0 Å². The highest BCUT2D eigenvalue weighted by Gasteiger charge is 2.07. The van der Waals surface area contributed by atoms with E-state index in [1.807, 2.05) is 6.07 Å². The number of anilines is 1. The van der Waals surface area contributed by atoms with Crippen molar-refractivity contribution in [3.05, 3.63) is 48.2 Å². The van der Waals surface area contributed by atoms with Crippen molar-refractivity contribution >= 4 is 11.7 Å². The molecule has 6 nitrogen and oxygen atoms in total. The second-order valence-corrected chi connectivity index (χ2v) is 4.19. The third-order valence-corrected chi connectivity index (χ3v) is 2.51. The van der Waals surface area contributed by atoms with E-state index in [1.165, 1.54) is 11.2 Å². The SMILES string of the molecule is CN(C)C(=O)c1ccc(NCc2ccncn2)nc1. The summed E-state index contributed by atoms with van der Waals surface area (Å²) < 4.78 is 0. The van der Waals surface area contributed by atoms with Crippen molar-refractivity contribution in [1.82, 2.24) is 19.9 Å². The van der Waals surface area contributed by atoms with Crippen LogP contribution in [0.3, 0.4) is 0 Å². The van der Waals surface area contributed by atoms with E-state index < -0.39 is 0 Å². The second-order valence-electron chi connectivity index (χ2n) is 4.19. The molecule has 0 radical (unpaired) electrons. The van der Waals surface area contributed by atoms with Crippen molar-refractivity contribution in [2.45, 2.75) is 6.54 Å². The molecular formula is C13H15N5O. The summed E-state index contributed by atoms with van der Waals surface area (Å²) in [6.45, 7) is 0.566. The molecule has 1 N–H and O–H groups in total. The van der Waals surface area contributed by atoms with Crippen LogP contribution in [0, 0.1) is 0 Å². The molecule has 0 saturated heterocycles. The van der Waals surface area contributed by atoms with Crippen molar-refractivity contribution in [3.63, 3.8) is 0 Å². The zero-order chi connectivity index (χ0) is 13.7.